The van der Waals surface area contributed by atoms with Crippen LogP contribution in [0.3, 0.4) is 0 Å². The molecule has 0 N–H and O–H groups in total. The maximum absolute atomic E-state index is 13.3. The molecule has 3 heterocycles. The van der Waals surface area contributed by atoms with Crippen LogP contribution in [0, 0.1) is 0 Å². The van der Waals surface area contributed by atoms with E-state index in [1.165, 1.54) is 12.8 Å². The molecule has 3 aliphatic rings. The standard InChI is InChI=1S/C29H46N4O4/c1-23(2)32-17-15-31(16-18-32)22-28(34)33-20-26-27(21-33)37-25-13-9-8-12-24(25)29(35)30(3)14-10-6-4-5-7-11-19-36-26/h8-9,12-13,23,26-27H,4-7,10-11,14-22H2,1-3H3/t26-,27-/m1/s1. The lowest BCUT2D eigenvalue weighted by Gasteiger charge is -2.37. The number of nitrogens with zero attached hydrogens (tertiary/aromatic N) is 4. The number of carbonyl (C=O) groups excluding carboxylic acids is 2. The van der Waals surface area contributed by atoms with Crippen LogP contribution in [-0.2, 0) is 9.53 Å². The molecule has 0 spiro atoms. The Balaban J connectivity index is 1.43. The fourth-order valence-electron chi connectivity index (χ4n) is 5.56. The van der Waals surface area contributed by atoms with Gasteiger partial charge in [0.1, 0.15) is 18.0 Å². The first-order chi connectivity index (χ1) is 17.9. The lowest BCUT2D eigenvalue weighted by molar-refractivity contribution is -0.132. The van der Waals surface area contributed by atoms with E-state index in [0.29, 0.717) is 43.6 Å². The summed E-state index contributed by atoms with van der Waals surface area (Å²) in [6.45, 7) is 11.2. The van der Waals surface area contributed by atoms with Gasteiger partial charge >= 0.3 is 0 Å². The van der Waals surface area contributed by atoms with E-state index in [1.807, 2.05) is 36.2 Å². The number of amides is 2. The summed E-state index contributed by atoms with van der Waals surface area (Å²) >= 11 is 0. The zero-order valence-corrected chi connectivity index (χ0v) is 23.1. The zero-order valence-electron chi connectivity index (χ0n) is 23.1. The lowest BCUT2D eigenvalue weighted by Crippen LogP contribution is -2.51. The second-order valence-electron chi connectivity index (χ2n) is 11.1. The van der Waals surface area contributed by atoms with Gasteiger partial charge in [-0.05, 0) is 38.8 Å². The van der Waals surface area contributed by atoms with Gasteiger partial charge in [0.15, 0.2) is 0 Å². The largest absolute Gasteiger partial charge is 0.485 e. The molecule has 8 heteroatoms. The predicted octanol–water partition coefficient (Wildman–Crippen LogP) is 3.11. The number of likely N-dealkylation sites (tertiary alicyclic amines) is 1. The molecule has 1 aromatic carbocycles. The third-order valence-electron chi connectivity index (χ3n) is 8.03. The Morgan fingerprint density at radius 2 is 1.59 bits per heavy atom. The van der Waals surface area contributed by atoms with Gasteiger partial charge in [-0.3, -0.25) is 19.4 Å². The summed E-state index contributed by atoms with van der Waals surface area (Å²) in [6.07, 6.45) is 6.17. The molecule has 8 nitrogen and oxygen atoms in total. The highest BCUT2D eigenvalue weighted by molar-refractivity contribution is 5.96. The Hall–Kier alpha value is -2.16. The summed E-state index contributed by atoms with van der Waals surface area (Å²) in [5.41, 5.74) is 0.573. The average Bonchev–Trinajstić information content (AvgIpc) is 3.30. The van der Waals surface area contributed by atoms with Crippen LogP contribution in [0.1, 0.15) is 62.7 Å². The van der Waals surface area contributed by atoms with Gasteiger partial charge in [0.2, 0.25) is 5.91 Å². The Morgan fingerprint density at radius 1 is 0.919 bits per heavy atom. The lowest BCUT2D eigenvalue weighted by atomic mass is 10.1. The van der Waals surface area contributed by atoms with E-state index >= 15 is 0 Å². The van der Waals surface area contributed by atoms with Gasteiger partial charge in [-0.25, -0.2) is 0 Å². The Morgan fingerprint density at radius 3 is 2.35 bits per heavy atom. The summed E-state index contributed by atoms with van der Waals surface area (Å²) in [4.78, 5) is 34.9. The zero-order chi connectivity index (χ0) is 26.2. The minimum atomic E-state index is -0.297. The first-order valence-corrected chi connectivity index (χ1v) is 14.3. The van der Waals surface area contributed by atoms with Gasteiger partial charge in [-0.1, -0.05) is 37.8 Å². The van der Waals surface area contributed by atoms with Crippen LogP contribution < -0.4 is 4.74 Å². The van der Waals surface area contributed by atoms with Gasteiger partial charge in [0.25, 0.3) is 5.91 Å². The van der Waals surface area contributed by atoms with E-state index < -0.39 is 0 Å². The second-order valence-corrected chi connectivity index (χ2v) is 11.1. The van der Waals surface area contributed by atoms with Crippen molar-refractivity contribution in [3.8, 4) is 5.75 Å². The molecule has 0 unspecified atom stereocenters. The quantitative estimate of drug-likeness (QED) is 0.618. The molecule has 0 aromatic heterocycles. The van der Waals surface area contributed by atoms with Gasteiger partial charge in [0, 0.05) is 52.4 Å². The fraction of sp³-hybridized carbons (Fsp3) is 0.724. The maximum atomic E-state index is 13.3. The number of benzene rings is 1. The Labute approximate surface area is 222 Å². The molecule has 1 aromatic rings. The highest BCUT2D eigenvalue weighted by Crippen LogP contribution is 2.26. The van der Waals surface area contributed by atoms with Crippen molar-refractivity contribution in [1.82, 2.24) is 19.6 Å². The predicted molar refractivity (Wildman–Crippen MR) is 145 cm³/mol. The molecular formula is C29H46N4O4. The summed E-state index contributed by atoms with van der Waals surface area (Å²) < 4.78 is 12.8. The van der Waals surface area contributed by atoms with Gasteiger partial charge in [-0.15, -0.1) is 0 Å². The fourth-order valence-corrected chi connectivity index (χ4v) is 5.56. The van der Waals surface area contributed by atoms with Crippen LogP contribution >= 0.6 is 0 Å². The SMILES string of the molecule is CC(C)N1CCN(CC(=O)N2C[C@H]3OCCCCCCCCN(C)C(=O)c4ccccc4O[C@@H]3C2)CC1. The highest BCUT2D eigenvalue weighted by Gasteiger charge is 2.39. The summed E-state index contributed by atoms with van der Waals surface area (Å²) in [5.74, 6) is 0.684. The molecular weight excluding hydrogens is 468 g/mol. The molecule has 4 rings (SSSR count). The van der Waals surface area contributed by atoms with E-state index in [-0.39, 0.29) is 24.0 Å². The number of para-hydroxylation sites is 1. The van der Waals surface area contributed by atoms with Crippen molar-refractivity contribution in [3.05, 3.63) is 29.8 Å². The highest BCUT2D eigenvalue weighted by atomic mass is 16.5. The van der Waals surface area contributed by atoms with E-state index in [9.17, 15) is 9.59 Å². The number of carbonyl (C=O) groups is 2. The van der Waals surface area contributed by atoms with E-state index in [0.717, 1.165) is 58.4 Å². The molecule has 0 aliphatic carbocycles. The first kappa shape index (κ1) is 27.9. The third kappa shape index (κ3) is 7.68. The minimum absolute atomic E-state index is 0.0216. The number of ether oxygens (including phenoxy) is 2. The topological polar surface area (TPSA) is 65.6 Å². The molecule has 2 atom stereocenters. The number of hydrogen-bond donors (Lipinski definition) is 0. The van der Waals surface area contributed by atoms with Crippen molar-refractivity contribution in [2.45, 2.75) is 70.6 Å². The number of piperazine rings is 1. The van der Waals surface area contributed by atoms with Gasteiger partial charge in [0.05, 0.1) is 25.2 Å². The van der Waals surface area contributed by atoms with Crippen LogP contribution in [0.2, 0.25) is 0 Å². The van der Waals surface area contributed by atoms with E-state index in [2.05, 4.69) is 23.6 Å². The van der Waals surface area contributed by atoms with Crippen LogP contribution in [0.15, 0.2) is 24.3 Å². The molecule has 2 amide bonds. The normalized spacial score (nSPS) is 25.6. The minimum Gasteiger partial charge on any atom is -0.485 e. The Bertz CT molecular complexity index is 886. The van der Waals surface area contributed by atoms with E-state index in [1.54, 1.807) is 4.90 Å². The summed E-state index contributed by atoms with van der Waals surface area (Å²) in [6, 6.07) is 8.01. The number of rotatable bonds is 3. The Kier molecular flexibility index (Phi) is 10.2. The van der Waals surface area contributed by atoms with Crippen molar-refractivity contribution < 1.29 is 19.1 Å². The first-order valence-electron chi connectivity index (χ1n) is 14.3. The second kappa shape index (κ2) is 13.6. The van der Waals surface area contributed by atoms with Crippen molar-refractivity contribution in [2.24, 2.45) is 0 Å². The monoisotopic (exact) mass is 514 g/mol. The molecule has 2 saturated heterocycles. The van der Waals surface area contributed by atoms with Gasteiger partial charge in [-0.2, -0.15) is 0 Å². The van der Waals surface area contributed by atoms with Crippen LogP contribution in [-0.4, -0.2) is 116 Å². The van der Waals surface area contributed by atoms with Crippen molar-refractivity contribution in [2.75, 3.05) is 66.0 Å². The van der Waals surface area contributed by atoms with Crippen molar-refractivity contribution >= 4 is 11.8 Å². The van der Waals surface area contributed by atoms with Crippen LogP contribution in [0.5, 0.6) is 5.75 Å². The van der Waals surface area contributed by atoms with Crippen LogP contribution in [0.4, 0.5) is 0 Å². The molecule has 2 fully saturated rings. The van der Waals surface area contributed by atoms with Crippen molar-refractivity contribution in [1.29, 1.82) is 0 Å². The molecule has 3 aliphatic heterocycles. The number of hydrogen-bond acceptors (Lipinski definition) is 6. The maximum Gasteiger partial charge on any atom is 0.257 e. The molecule has 37 heavy (non-hydrogen) atoms. The average molecular weight is 515 g/mol. The smallest absolute Gasteiger partial charge is 0.257 e. The molecule has 0 bridgehead atoms. The number of fused-ring (bicyclic) bond motifs is 2. The summed E-state index contributed by atoms with van der Waals surface area (Å²) in [7, 11) is 1.87. The summed E-state index contributed by atoms with van der Waals surface area (Å²) in [5, 5.41) is 0. The van der Waals surface area contributed by atoms with Crippen LogP contribution in [0.25, 0.3) is 0 Å². The molecule has 0 radical (unpaired) electrons. The van der Waals surface area contributed by atoms with Gasteiger partial charge < -0.3 is 19.3 Å². The van der Waals surface area contributed by atoms with E-state index in [4.69, 9.17) is 9.47 Å². The molecule has 0 saturated carbocycles. The molecule has 206 valence electrons. The third-order valence-corrected chi connectivity index (χ3v) is 8.03. The van der Waals surface area contributed by atoms with Crippen molar-refractivity contribution in [3.63, 3.8) is 0 Å².